The van der Waals surface area contributed by atoms with E-state index in [1.165, 1.54) is 0 Å². The van der Waals surface area contributed by atoms with Crippen LogP contribution in [0.5, 0.6) is 0 Å². The molecule has 2 N–H and O–H groups in total. The first-order valence-corrected chi connectivity index (χ1v) is 5.89. The lowest BCUT2D eigenvalue weighted by molar-refractivity contribution is -0.146. The fourth-order valence-electron chi connectivity index (χ4n) is 1.72. The van der Waals surface area contributed by atoms with Gasteiger partial charge in [-0.05, 0) is 18.8 Å². The summed E-state index contributed by atoms with van der Waals surface area (Å²) in [7, 11) is 0. The molecule has 0 rings (SSSR count). The highest BCUT2D eigenvalue weighted by Gasteiger charge is 2.23. The molecule has 0 aromatic heterocycles. The molecular formula is C12H24O3. The van der Waals surface area contributed by atoms with E-state index in [0.29, 0.717) is 18.8 Å². The van der Waals surface area contributed by atoms with Gasteiger partial charge < -0.3 is 10.2 Å². The summed E-state index contributed by atoms with van der Waals surface area (Å²) in [6.07, 6.45) is 3.57. The van der Waals surface area contributed by atoms with Crippen molar-refractivity contribution in [1.29, 1.82) is 0 Å². The maximum Gasteiger partial charge on any atom is 0.309 e. The zero-order valence-electron chi connectivity index (χ0n) is 10.1. The lowest BCUT2D eigenvalue weighted by atomic mass is 9.94. The van der Waals surface area contributed by atoms with Crippen molar-refractivity contribution >= 4 is 5.97 Å². The molecule has 0 aliphatic carbocycles. The Labute approximate surface area is 92.5 Å². The number of carboxylic acid groups (broad SMARTS) is 1. The lowest BCUT2D eigenvalue weighted by Gasteiger charge is -2.17. The fourth-order valence-corrected chi connectivity index (χ4v) is 1.72. The van der Waals surface area contributed by atoms with E-state index in [1.54, 1.807) is 6.92 Å². The third-order valence-corrected chi connectivity index (χ3v) is 2.75. The van der Waals surface area contributed by atoms with Crippen LogP contribution < -0.4 is 0 Å². The first-order chi connectivity index (χ1) is 6.99. The Morgan fingerprint density at radius 3 is 2.13 bits per heavy atom. The van der Waals surface area contributed by atoms with E-state index < -0.39 is 18.0 Å². The Bertz CT molecular complexity index is 178. The number of aliphatic carboxylic acids is 1. The van der Waals surface area contributed by atoms with Gasteiger partial charge in [0.2, 0.25) is 0 Å². The molecule has 0 saturated heterocycles. The second kappa shape index (κ2) is 7.69. The smallest absolute Gasteiger partial charge is 0.309 e. The van der Waals surface area contributed by atoms with E-state index in [2.05, 4.69) is 13.8 Å². The third-order valence-electron chi connectivity index (χ3n) is 2.75. The zero-order chi connectivity index (χ0) is 11.8. The summed E-state index contributed by atoms with van der Waals surface area (Å²) in [5.41, 5.74) is 0. The van der Waals surface area contributed by atoms with E-state index in [4.69, 9.17) is 5.11 Å². The Hall–Kier alpha value is -0.570. The largest absolute Gasteiger partial charge is 0.481 e. The van der Waals surface area contributed by atoms with Crippen LogP contribution in [0.4, 0.5) is 0 Å². The Morgan fingerprint density at radius 1 is 1.20 bits per heavy atom. The predicted octanol–water partition coefficient (Wildman–Crippen LogP) is 2.67. The lowest BCUT2D eigenvalue weighted by Crippen LogP contribution is -2.27. The van der Waals surface area contributed by atoms with E-state index in [9.17, 15) is 9.90 Å². The van der Waals surface area contributed by atoms with Crippen molar-refractivity contribution < 1.29 is 15.0 Å². The SMILES string of the molecule is CCC(C(=O)O)C(O)CCCCC(C)C. The Balaban J connectivity index is 3.71. The van der Waals surface area contributed by atoms with Gasteiger partial charge >= 0.3 is 5.97 Å². The number of carbonyl (C=O) groups is 1. The van der Waals surface area contributed by atoms with Crippen LogP contribution in [0.1, 0.15) is 52.9 Å². The zero-order valence-corrected chi connectivity index (χ0v) is 10.1. The Kier molecular flexibility index (Phi) is 7.39. The molecule has 15 heavy (non-hydrogen) atoms. The molecule has 0 aromatic rings. The van der Waals surface area contributed by atoms with Crippen molar-refractivity contribution in [3.63, 3.8) is 0 Å². The van der Waals surface area contributed by atoms with Crippen molar-refractivity contribution in [3.8, 4) is 0 Å². The summed E-state index contributed by atoms with van der Waals surface area (Å²) < 4.78 is 0. The van der Waals surface area contributed by atoms with Crippen molar-refractivity contribution in [3.05, 3.63) is 0 Å². The van der Waals surface area contributed by atoms with Gasteiger partial charge in [0.1, 0.15) is 0 Å². The van der Waals surface area contributed by atoms with E-state index >= 15 is 0 Å². The third kappa shape index (κ3) is 6.50. The average molecular weight is 216 g/mol. The molecule has 3 heteroatoms. The summed E-state index contributed by atoms with van der Waals surface area (Å²) >= 11 is 0. The molecule has 0 aliphatic heterocycles. The van der Waals surface area contributed by atoms with E-state index in [1.807, 2.05) is 0 Å². The predicted molar refractivity (Wildman–Crippen MR) is 60.7 cm³/mol. The Morgan fingerprint density at radius 2 is 1.73 bits per heavy atom. The molecular weight excluding hydrogens is 192 g/mol. The van der Waals surface area contributed by atoms with Crippen LogP contribution in [-0.2, 0) is 4.79 Å². The fraction of sp³-hybridized carbons (Fsp3) is 0.917. The summed E-state index contributed by atoms with van der Waals surface area (Å²) in [4.78, 5) is 10.8. The van der Waals surface area contributed by atoms with Crippen molar-refractivity contribution in [1.82, 2.24) is 0 Å². The standard InChI is InChI=1S/C12H24O3/c1-4-10(12(14)15)11(13)8-6-5-7-9(2)3/h9-11,13H,4-8H2,1-3H3,(H,14,15). The number of aliphatic hydroxyl groups is 1. The van der Waals surface area contributed by atoms with Gasteiger partial charge in [-0.25, -0.2) is 0 Å². The highest BCUT2D eigenvalue weighted by molar-refractivity contribution is 5.70. The van der Waals surface area contributed by atoms with Crippen molar-refractivity contribution in [2.24, 2.45) is 11.8 Å². The number of aliphatic hydroxyl groups excluding tert-OH is 1. The van der Waals surface area contributed by atoms with Crippen molar-refractivity contribution in [2.75, 3.05) is 0 Å². The van der Waals surface area contributed by atoms with Crippen LogP contribution in [0.15, 0.2) is 0 Å². The molecule has 0 fully saturated rings. The van der Waals surface area contributed by atoms with Gasteiger partial charge in [0.15, 0.2) is 0 Å². The van der Waals surface area contributed by atoms with Gasteiger partial charge in [0.05, 0.1) is 12.0 Å². The molecule has 0 bridgehead atoms. The molecule has 0 aromatic carbocycles. The summed E-state index contributed by atoms with van der Waals surface area (Å²) in [6.45, 7) is 6.14. The number of carboxylic acids is 1. The molecule has 90 valence electrons. The van der Waals surface area contributed by atoms with Crippen molar-refractivity contribution in [2.45, 2.75) is 59.0 Å². The van der Waals surface area contributed by atoms with Crippen LogP contribution >= 0.6 is 0 Å². The molecule has 0 radical (unpaired) electrons. The van der Waals surface area contributed by atoms with Crippen LogP contribution in [0, 0.1) is 11.8 Å². The van der Waals surface area contributed by atoms with E-state index in [0.717, 1.165) is 19.3 Å². The van der Waals surface area contributed by atoms with Crippen LogP contribution in [0.3, 0.4) is 0 Å². The van der Waals surface area contributed by atoms with Crippen LogP contribution in [-0.4, -0.2) is 22.3 Å². The van der Waals surface area contributed by atoms with Crippen LogP contribution in [0.2, 0.25) is 0 Å². The second-order valence-electron chi connectivity index (χ2n) is 4.60. The molecule has 0 saturated carbocycles. The van der Waals surface area contributed by atoms with Gasteiger partial charge in [0, 0.05) is 0 Å². The molecule has 3 nitrogen and oxygen atoms in total. The molecule has 0 heterocycles. The van der Waals surface area contributed by atoms with Gasteiger partial charge in [-0.3, -0.25) is 4.79 Å². The average Bonchev–Trinajstić information content (AvgIpc) is 2.12. The first-order valence-electron chi connectivity index (χ1n) is 5.89. The summed E-state index contributed by atoms with van der Waals surface area (Å²) in [5.74, 6) is -0.790. The minimum absolute atomic E-state index is 0.501. The minimum Gasteiger partial charge on any atom is -0.481 e. The monoisotopic (exact) mass is 216 g/mol. The highest BCUT2D eigenvalue weighted by Crippen LogP contribution is 2.16. The molecule has 0 spiro atoms. The first kappa shape index (κ1) is 14.4. The molecule has 0 amide bonds. The molecule has 2 unspecified atom stereocenters. The van der Waals surface area contributed by atoms with Crippen LogP contribution in [0.25, 0.3) is 0 Å². The maximum absolute atomic E-state index is 10.8. The van der Waals surface area contributed by atoms with Gasteiger partial charge in [-0.2, -0.15) is 0 Å². The van der Waals surface area contributed by atoms with E-state index in [-0.39, 0.29) is 0 Å². The number of rotatable bonds is 8. The number of hydrogen-bond donors (Lipinski definition) is 2. The maximum atomic E-state index is 10.8. The normalized spacial score (nSPS) is 15.3. The molecule has 2 atom stereocenters. The van der Waals surface area contributed by atoms with Gasteiger partial charge in [0.25, 0.3) is 0 Å². The minimum atomic E-state index is -0.881. The molecule has 0 aliphatic rings. The quantitative estimate of drug-likeness (QED) is 0.613. The second-order valence-corrected chi connectivity index (χ2v) is 4.60. The topological polar surface area (TPSA) is 57.5 Å². The van der Waals surface area contributed by atoms with Gasteiger partial charge in [-0.15, -0.1) is 0 Å². The highest BCUT2D eigenvalue weighted by atomic mass is 16.4. The number of hydrogen-bond acceptors (Lipinski definition) is 2. The number of unbranched alkanes of at least 4 members (excludes halogenated alkanes) is 1. The summed E-state index contributed by atoms with van der Waals surface area (Å²) in [5, 5.41) is 18.5. The summed E-state index contributed by atoms with van der Waals surface area (Å²) in [6, 6.07) is 0. The van der Waals surface area contributed by atoms with Gasteiger partial charge in [-0.1, -0.05) is 40.0 Å².